The summed E-state index contributed by atoms with van der Waals surface area (Å²) in [6.07, 6.45) is 0.351. The molecule has 0 aromatic rings. The molecule has 0 aromatic heterocycles. The minimum absolute atomic E-state index is 0.408. The Labute approximate surface area is 69.5 Å². The molecule has 1 N–H and O–H groups in total. The summed E-state index contributed by atoms with van der Waals surface area (Å²) >= 11 is 0. The Hall–Kier alpha value is -1.10. The summed E-state index contributed by atoms with van der Waals surface area (Å²) < 4.78 is 4.91. The lowest BCUT2D eigenvalue weighted by Crippen LogP contribution is -2.47. The molecule has 2 fully saturated rings. The number of ether oxygens (including phenoxy) is 1. The number of imide groups is 1. The highest BCUT2D eigenvalue weighted by Crippen LogP contribution is 2.27. The Bertz CT molecular complexity index is 233. The van der Waals surface area contributed by atoms with Gasteiger partial charge in [0, 0.05) is 12.8 Å². The zero-order valence-electron chi connectivity index (χ0n) is 6.50. The summed E-state index contributed by atoms with van der Waals surface area (Å²) in [6.45, 7) is 1.41. The Morgan fingerprint density at radius 1 is 1.33 bits per heavy atom. The molecule has 2 aliphatic heterocycles. The van der Waals surface area contributed by atoms with Crippen LogP contribution in [0.15, 0.2) is 0 Å². The number of carbonyl (C=O) groups excluding carboxylic acids is 2. The first kappa shape index (κ1) is 7.54. The lowest BCUT2D eigenvalue weighted by molar-refractivity contribution is -0.133. The second-order valence-electron chi connectivity index (χ2n) is 3.03. The van der Waals surface area contributed by atoms with E-state index in [1.807, 2.05) is 0 Å². The molecule has 2 amide bonds. The average molecular weight is 169 g/mol. The topological polar surface area (TPSA) is 69.5 Å². The number of hydrogen-bond donors (Lipinski definition) is 1. The summed E-state index contributed by atoms with van der Waals surface area (Å²) in [5, 5.41) is 6.32. The molecule has 0 aliphatic carbocycles. The van der Waals surface area contributed by atoms with Gasteiger partial charge < -0.3 is 10.1 Å². The molecule has 5 heteroatoms. The van der Waals surface area contributed by atoms with Crippen molar-refractivity contribution >= 4 is 12.0 Å². The molecule has 2 aliphatic rings. The first-order valence-electron chi connectivity index (χ1n) is 3.93. The van der Waals surface area contributed by atoms with E-state index in [9.17, 15) is 9.59 Å². The predicted octanol–water partition coefficient (Wildman–Crippen LogP) is -0.610. The van der Waals surface area contributed by atoms with Crippen LogP contribution in [0.2, 0.25) is 0 Å². The van der Waals surface area contributed by atoms with E-state index in [0.29, 0.717) is 25.9 Å². The van der Waals surface area contributed by atoms with Crippen LogP contribution in [0.4, 0.5) is 4.79 Å². The number of amides is 2. The molecule has 0 aromatic carbocycles. The SMILES string of the molecule is O=C1[N]C(=O)C2(CCNCC2)O1. The second-order valence-corrected chi connectivity index (χ2v) is 3.03. The summed E-state index contributed by atoms with van der Waals surface area (Å²) in [4.78, 5) is 21.9. The van der Waals surface area contributed by atoms with E-state index in [2.05, 4.69) is 10.6 Å². The zero-order chi connectivity index (χ0) is 8.60. The first-order chi connectivity index (χ1) is 5.73. The molecule has 1 radical (unpaired) electrons. The van der Waals surface area contributed by atoms with Crippen molar-refractivity contribution in [2.75, 3.05) is 13.1 Å². The second kappa shape index (κ2) is 2.45. The first-order valence-corrected chi connectivity index (χ1v) is 3.93. The van der Waals surface area contributed by atoms with Gasteiger partial charge in [0.05, 0.1) is 0 Å². The smallest absolute Gasteiger partial charge is 0.431 e. The summed E-state index contributed by atoms with van der Waals surface area (Å²) in [5.41, 5.74) is -0.914. The van der Waals surface area contributed by atoms with E-state index in [4.69, 9.17) is 4.74 Å². The third-order valence-electron chi connectivity index (χ3n) is 2.28. The van der Waals surface area contributed by atoms with Crippen molar-refractivity contribution in [2.45, 2.75) is 18.4 Å². The Morgan fingerprint density at radius 3 is 2.50 bits per heavy atom. The maximum absolute atomic E-state index is 11.2. The van der Waals surface area contributed by atoms with Crippen molar-refractivity contribution in [3.8, 4) is 0 Å². The Balaban J connectivity index is 2.18. The fourth-order valence-electron chi connectivity index (χ4n) is 1.56. The zero-order valence-corrected chi connectivity index (χ0v) is 6.50. The molecule has 2 heterocycles. The lowest BCUT2D eigenvalue weighted by atomic mass is 9.92. The van der Waals surface area contributed by atoms with Gasteiger partial charge in [-0.3, -0.25) is 4.79 Å². The van der Waals surface area contributed by atoms with Crippen LogP contribution in [0.1, 0.15) is 12.8 Å². The van der Waals surface area contributed by atoms with E-state index in [0.717, 1.165) is 0 Å². The summed E-state index contributed by atoms with van der Waals surface area (Å²) in [7, 11) is 0. The van der Waals surface area contributed by atoms with Crippen LogP contribution >= 0.6 is 0 Å². The van der Waals surface area contributed by atoms with E-state index >= 15 is 0 Å². The van der Waals surface area contributed by atoms with Crippen molar-refractivity contribution < 1.29 is 14.3 Å². The van der Waals surface area contributed by atoms with Gasteiger partial charge in [-0.05, 0) is 13.1 Å². The minimum atomic E-state index is -0.914. The minimum Gasteiger partial charge on any atom is -0.431 e. The van der Waals surface area contributed by atoms with Crippen molar-refractivity contribution in [3.63, 3.8) is 0 Å². The number of hydrogen-bond acceptors (Lipinski definition) is 4. The molecule has 2 rings (SSSR count). The third kappa shape index (κ3) is 0.972. The Morgan fingerprint density at radius 2 is 2.00 bits per heavy atom. The molecule has 0 unspecified atom stereocenters. The molecule has 1 spiro atoms. The van der Waals surface area contributed by atoms with E-state index in [1.165, 1.54) is 0 Å². The maximum Gasteiger partial charge on any atom is 0.437 e. The average Bonchev–Trinajstić information content (AvgIpc) is 2.29. The number of piperidine rings is 1. The molecule has 0 saturated carbocycles. The standard InChI is InChI=1S/C7H9N2O3/c10-5-7(12-6(11)9-5)1-3-8-4-2-7/h8H,1-4H2. The van der Waals surface area contributed by atoms with Gasteiger partial charge in [-0.25, -0.2) is 4.79 Å². The molecule has 2 saturated heterocycles. The lowest BCUT2D eigenvalue weighted by Gasteiger charge is -2.28. The molecule has 12 heavy (non-hydrogen) atoms. The highest BCUT2D eigenvalue weighted by molar-refractivity contribution is 6.02. The molecule has 0 bridgehead atoms. The summed E-state index contributed by atoms with van der Waals surface area (Å²) in [5.74, 6) is -0.408. The van der Waals surface area contributed by atoms with Gasteiger partial charge in [0.15, 0.2) is 5.60 Å². The molecular formula is C7H9N2O3. The Kier molecular flexibility index (Phi) is 1.54. The van der Waals surface area contributed by atoms with Crippen molar-refractivity contribution in [2.24, 2.45) is 0 Å². The van der Waals surface area contributed by atoms with Gasteiger partial charge in [0.25, 0.3) is 5.91 Å². The third-order valence-corrected chi connectivity index (χ3v) is 2.28. The monoisotopic (exact) mass is 169 g/mol. The predicted molar refractivity (Wildman–Crippen MR) is 38.5 cm³/mol. The van der Waals surface area contributed by atoms with Crippen molar-refractivity contribution in [3.05, 3.63) is 0 Å². The number of nitrogens with zero attached hydrogens (tertiary/aromatic N) is 1. The van der Waals surface area contributed by atoms with E-state index < -0.39 is 17.6 Å². The van der Waals surface area contributed by atoms with Crippen molar-refractivity contribution in [1.29, 1.82) is 0 Å². The number of rotatable bonds is 0. The molecular weight excluding hydrogens is 160 g/mol. The van der Waals surface area contributed by atoms with Crippen LogP contribution in [-0.2, 0) is 9.53 Å². The van der Waals surface area contributed by atoms with Crippen LogP contribution in [0.5, 0.6) is 0 Å². The van der Waals surface area contributed by atoms with Gasteiger partial charge in [-0.2, -0.15) is 0 Å². The number of carbonyl (C=O) groups is 2. The maximum atomic E-state index is 11.2. The number of nitrogens with one attached hydrogen (secondary N) is 1. The van der Waals surface area contributed by atoms with Crippen molar-refractivity contribution in [1.82, 2.24) is 10.6 Å². The normalized spacial score (nSPS) is 27.0. The fraction of sp³-hybridized carbons (Fsp3) is 0.714. The van der Waals surface area contributed by atoms with Gasteiger partial charge in [0.2, 0.25) is 0 Å². The van der Waals surface area contributed by atoms with Gasteiger partial charge in [-0.1, -0.05) is 0 Å². The summed E-state index contributed by atoms with van der Waals surface area (Å²) in [6, 6.07) is 0. The van der Waals surface area contributed by atoms with Crippen LogP contribution in [0.3, 0.4) is 0 Å². The van der Waals surface area contributed by atoms with E-state index in [-0.39, 0.29) is 0 Å². The van der Waals surface area contributed by atoms with Gasteiger partial charge in [0.1, 0.15) is 0 Å². The van der Waals surface area contributed by atoms with Crippen LogP contribution < -0.4 is 10.6 Å². The molecule has 65 valence electrons. The van der Waals surface area contributed by atoms with Crippen LogP contribution in [0.25, 0.3) is 0 Å². The van der Waals surface area contributed by atoms with Crippen LogP contribution in [0, 0.1) is 0 Å². The van der Waals surface area contributed by atoms with Gasteiger partial charge in [-0.15, -0.1) is 5.32 Å². The highest BCUT2D eigenvalue weighted by atomic mass is 16.6. The van der Waals surface area contributed by atoms with E-state index in [1.54, 1.807) is 0 Å². The quantitative estimate of drug-likeness (QED) is 0.525. The molecule has 5 nitrogen and oxygen atoms in total. The highest BCUT2D eigenvalue weighted by Gasteiger charge is 2.50. The fourth-order valence-corrected chi connectivity index (χ4v) is 1.56. The van der Waals surface area contributed by atoms with Gasteiger partial charge >= 0.3 is 6.09 Å². The molecule has 0 atom stereocenters. The largest absolute Gasteiger partial charge is 0.437 e. The van der Waals surface area contributed by atoms with Crippen LogP contribution in [-0.4, -0.2) is 30.7 Å².